The minimum absolute atomic E-state index is 0.171. The van der Waals surface area contributed by atoms with Crippen LogP contribution in [-0.2, 0) is 4.79 Å². The SMILES string of the molecule is O=C(NCC1CCCC1)NC1C2CCC(C2)C1C(=O)O. The number of carboxylic acid groups (broad SMARTS) is 1. The van der Waals surface area contributed by atoms with Gasteiger partial charge in [0.1, 0.15) is 0 Å². The van der Waals surface area contributed by atoms with E-state index in [1.54, 1.807) is 0 Å². The number of carbonyl (C=O) groups is 2. The minimum Gasteiger partial charge on any atom is -0.481 e. The molecule has 3 aliphatic carbocycles. The van der Waals surface area contributed by atoms with Gasteiger partial charge in [0.05, 0.1) is 5.92 Å². The highest BCUT2D eigenvalue weighted by atomic mass is 16.4. The second-order valence-electron chi connectivity index (χ2n) is 6.73. The van der Waals surface area contributed by atoms with Gasteiger partial charge in [-0.05, 0) is 49.9 Å². The highest BCUT2D eigenvalue weighted by Gasteiger charge is 2.51. The molecule has 5 nitrogen and oxygen atoms in total. The van der Waals surface area contributed by atoms with Crippen molar-refractivity contribution >= 4 is 12.0 Å². The summed E-state index contributed by atoms with van der Waals surface area (Å²) < 4.78 is 0. The van der Waals surface area contributed by atoms with Gasteiger partial charge in [-0.15, -0.1) is 0 Å². The molecule has 0 aromatic heterocycles. The van der Waals surface area contributed by atoms with Crippen LogP contribution in [0.2, 0.25) is 0 Å². The van der Waals surface area contributed by atoms with Crippen molar-refractivity contribution in [2.45, 2.75) is 51.0 Å². The summed E-state index contributed by atoms with van der Waals surface area (Å²) in [6.45, 7) is 0.727. The minimum atomic E-state index is -0.752. The molecule has 0 aromatic carbocycles. The van der Waals surface area contributed by atoms with E-state index in [0.29, 0.717) is 11.8 Å². The topological polar surface area (TPSA) is 78.4 Å². The Bertz CT molecular complexity index is 393. The number of nitrogens with one attached hydrogen (secondary N) is 2. The van der Waals surface area contributed by atoms with Crippen LogP contribution in [0.15, 0.2) is 0 Å². The predicted molar refractivity (Wildman–Crippen MR) is 74.2 cm³/mol. The molecule has 3 N–H and O–H groups in total. The van der Waals surface area contributed by atoms with Gasteiger partial charge in [0.25, 0.3) is 0 Å². The zero-order valence-corrected chi connectivity index (χ0v) is 11.8. The summed E-state index contributed by atoms with van der Waals surface area (Å²) in [7, 11) is 0. The number of carbonyl (C=O) groups excluding carboxylic acids is 1. The van der Waals surface area contributed by atoms with E-state index in [-0.39, 0.29) is 23.9 Å². The van der Waals surface area contributed by atoms with E-state index in [1.807, 2.05) is 0 Å². The Kier molecular flexibility index (Phi) is 3.85. The van der Waals surface area contributed by atoms with Crippen molar-refractivity contribution in [3.8, 4) is 0 Å². The van der Waals surface area contributed by atoms with Crippen LogP contribution < -0.4 is 10.6 Å². The summed E-state index contributed by atoms with van der Waals surface area (Å²) in [6, 6.07) is -0.351. The number of aliphatic carboxylic acids is 1. The van der Waals surface area contributed by atoms with Crippen LogP contribution in [0.5, 0.6) is 0 Å². The Morgan fingerprint density at radius 2 is 1.75 bits per heavy atom. The molecule has 20 heavy (non-hydrogen) atoms. The first-order valence-electron chi connectivity index (χ1n) is 7.92. The van der Waals surface area contributed by atoms with E-state index in [2.05, 4.69) is 10.6 Å². The highest BCUT2D eigenvalue weighted by molar-refractivity contribution is 5.77. The molecule has 3 fully saturated rings. The van der Waals surface area contributed by atoms with E-state index in [1.165, 1.54) is 25.7 Å². The van der Waals surface area contributed by atoms with Crippen molar-refractivity contribution in [3.63, 3.8) is 0 Å². The Balaban J connectivity index is 1.51. The lowest BCUT2D eigenvalue weighted by Gasteiger charge is -2.29. The van der Waals surface area contributed by atoms with Gasteiger partial charge in [0.2, 0.25) is 0 Å². The van der Waals surface area contributed by atoms with Gasteiger partial charge in [0.15, 0.2) is 0 Å². The molecule has 3 rings (SSSR count). The summed E-state index contributed by atoms with van der Waals surface area (Å²) in [4.78, 5) is 23.4. The Morgan fingerprint density at radius 3 is 2.45 bits per heavy atom. The summed E-state index contributed by atoms with van der Waals surface area (Å²) in [5, 5.41) is 15.2. The van der Waals surface area contributed by atoms with Crippen LogP contribution in [-0.4, -0.2) is 29.7 Å². The first kappa shape index (κ1) is 13.7. The van der Waals surface area contributed by atoms with Crippen LogP contribution in [0, 0.1) is 23.7 Å². The van der Waals surface area contributed by atoms with Gasteiger partial charge < -0.3 is 15.7 Å². The second-order valence-corrected chi connectivity index (χ2v) is 6.73. The van der Waals surface area contributed by atoms with E-state index in [4.69, 9.17) is 0 Å². The van der Waals surface area contributed by atoms with Gasteiger partial charge in [0, 0.05) is 12.6 Å². The molecule has 3 aliphatic rings. The fourth-order valence-electron chi connectivity index (χ4n) is 4.51. The van der Waals surface area contributed by atoms with E-state index in [0.717, 1.165) is 25.8 Å². The number of hydrogen-bond donors (Lipinski definition) is 3. The van der Waals surface area contributed by atoms with Crippen LogP contribution in [0.1, 0.15) is 44.9 Å². The van der Waals surface area contributed by atoms with Crippen molar-refractivity contribution in [2.75, 3.05) is 6.54 Å². The first-order chi connectivity index (χ1) is 9.65. The van der Waals surface area contributed by atoms with Crippen LogP contribution in [0.25, 0.3) is 0 Å². The third-order valence-electron chi connectivity index (χ3n) is 5.53. The predicted octanol–water partition coefficient (Wildman–Crippen LogP) is 1.98. The molecule has 0 aliphatic heterocycles. The number of carboxylic acids is 1. The Morgan fingerprint density at radius 1 is 1.05 bits per heavy atom. The molecule has 3 saturated carbocycles. The van der Waals surface area contributed by atoms with Crippen molar-refractivity contribution in [3.05, 3.63) is 0 Å². The molecule has 0 radical (unpaired) electrons. The van der Waals surface area contributed by atoms with Crippen molar-refractivity contribution < 1.29 is 14.7 Å². The highest BCUT2D eigenvalue weighted by Crippen LogP contribution is 2.48. The molecular weight excluding hydrogens is 256 g/mol. The molecule has 4 unspecified atom stereocenters. The van der Waals surface area contributed by atoms with Gasteiger partial charge in [-0.3, -0.25) is 4.79 Å². The van der Waals surface area contributed by atoms with Gasteiger partial charge in [-0.1, -0.05) is 12.8 Å². The molecule has 2 bridgehead atoms. The first-order valence-corrected chi connectivity index (χ1v) is 7.92. The fraction of sp³-hybridized carbons (Fsp3) is 0.867. The maximum Gasteiger partial charge on any atom is 0.315 e. The largest absolute Gasteiger partial charge is 0.481 e. The monoisotopic (exact) mass is 280 g/mol. The lowest BCUT2D eigenvalue weighted by atomic mass is 9.84. The molecule has 112 valence electrons. The maximum atomic E-state index is 12.0. The third-order valence-corrected chi connectivity index (χ3v) is 5.53. The molecule has 0 aromatic rings. The van der Waals surface area contributed by atoms with Crippen molar-refractivity contribution in [2.24, 2.45) is 23.7 Å². The number of urea groups is 1. The number of amides is 2. The lowest BCUT2D eigenvalue weighted by molar-refractivity contribution is -0.144. The normalized spacial score (nSPS) is 36.2. The summed E-state index contributed by atoms with van der Waals surface area (Å²) in [5.74, 6) is 0.0938. The summed E-state index contributed by atoms with van der Waals surface area (Å²) >= 11 is 0. The second kappa shape index (κ2) is 5.62. The molecule has 2 amide bonds. The average Bonchev–Trinajstić information content (AvgIpc) is 3.12. The van der Waals surface area contributed by atoms with E-state index in [9.17, 15) is 14.7 Å². The molecule has 0 spiro atoms. The van der Waals surface area contributed by atoms with Crippen molar-refractivity contribution in [1.29, 1.82) is 0 Å². The Labute approximate surface area is 119 Å². The molecular formula is C15H24N2O3. The zero-order chi connectivity index (χ0) is 14.1. The molecule has 5 heteroatoms. The van der Waals surface area contributed by atoms with Crippen LogP contribution in [0.4, 0.5) is 4.79 Å². The molecule has 4 atom stereocenters. The summed E-state index contributed by atoms with van der Waals surface area (Å²) in [6.07, 6.45) is 7.96. The van der Waals surface area contributed by atoms with E-state index >= 15 is 0 Å². The molecule has 0 heterocycles. The smallest absolute Gasteiger partial charge is 0.315 e. The third kappa shape index (κ3) is 2.63. The van der Waals surface area contributed by atoms with Crippen LogP contribution >= 0.6 is 0 Å². The zero-order valence-electron chi connectivity index (χ0n) is 11.8. The van der Waals surface area contributed by atoms with Gasteiger partial charge in [-0.2, -0.15) is 0 Å². The fourth-order valence-corrected chi connectivity index (χ4v) is 4.51. The van der Waals surface area contributed by atoms with Gasteiger partial charge >= 0.3 is 12.0 Å². The number of hydrogen-bond acceptors (Lipinski definition) is 2. The van der Waals surface area contributed by atoms with E-state index < -0.39 is 5.97 Å². The summed E-state index contributed by atoms with van der Waals surface area (Å²) in [5.41, 5.74) is 0. The van der Waals surface area contributed by atoms with Gasteiger partial charge in [-0.25, -0.2) is 4.79 Å². The lowest BCUT2D eigenvalue weighted by Crippen LogP contribution is -2.50. The number of rotatable bonds is 4. The maximum absolute atomic E-state index is 12.0. The number of fused-ring (bicyclic) bond motifs is 2. The van der Waals surface area contributed by atoms with Crippen molar-refractivity contribution in [1.82, 2.24) is 10.6 Å². The Hall–Kier alpha value is -1.26. The standard InChI is InChI=1S/C15H24N2O3/c18-14(19)12-10-5-6-11(7-10)13(12)17-15(20)16-8-9-3-1-2-4-9/h9-13H,1-8H2,(H,18,19)(H2,16,17,20). The average molecular weight is 280 g/mol. The van der Waals surface area contributed by atoms with Crippen LogP contribution in [0.3, 0.4) is 0 Å². The quantitative estimate of drug-likeness (QED) is 0.736. The molecule has 0 saturated heterocycles.